The van der Waals surface area contributed by atoms with Crippen molar-refractivity contribution in [3.63, 3.8) is 0 Å². The molecule has 0 saturated carbocycles. The predicted molar refractivity (Wildman–Crippen MR) is 127 cm³/mol. The molecule has 35 heavy (non-hydrogen) atoms. The monoisotopic (exact) mass is 504 g/mol. The van der Waals surface area contributed by atoms with Crippen molar-refractivity contribution in [2.75, 3.05) is 27.3 Å². The van der Waals surface area contributed by atoms with Crippen molar-refractivity contribution in [3.05, 3.63) is 64.6 Å². The highest BCUT2D eigenvalue weighted by atomic mass is 32.2. The smallest absolute Gasteiger partial charge is 0.387 e. The van der Waals surface area contributed by atoms with Crippen LogP contribution in [0.3, 0.4) is 0 Å². The molecule has 0 bridgehead atoms. The maximum atomic E-state index is 12.6. The number of alkyl halides is 2. The van der Waals surface area contributed by atoms with Crippen LogP contribution in [0.1, 0.15) is 11.1 Å². The second-order valence-electron chi connectivity index (χ2n) is 7.02. The Hall–Kier alpha value is -3.86. The van der Waals surface area contributed by atoms with E-state index < -0.39 is 23.7 Å². The average molecular weight is 505 g/mol. The summed E-state index contributed by atoms with van der Waals surface area (Å²) in [6.45, 7) is -2.92. The molecule has 8 nitrogen and oxygen atoms in total. The second-order valence-corrected chi connectivity index (χ2v) is 8.01. The molecule has 1 aliphatic heterocycles. The number of ether oxygens (including phenoxy) is 3. The third kappa shape index (κ3) is 7.06. The number of nitrogens with zero attached hydrogens (tertiary/aromatic N) is 1. The summed E-state index contributed by atoms with van der Waals surface area (Å²) >= 11 is 0.833. The topological polar surface area (TPSA) is 94.2 Å². The van der Waals surface area contributed by atoms with Gasteiger partial charge in [-0.15, -0.1) is 0 Å². The first-order valence-corrected chi connectivity index (χ1v) is 11.1. The van der Waals surface area contributed by atoms with Gasteiger partial charge in [-0.25, -0.2) is 0 Å². The van der Waals surface area contributed by atoms with E-state index in [4.69, 9.17) is 9.47 Å². The Bertz CT molecular complexity index is 1150. The maximum Gasteiger partial charge on any atom is 0.387 e. The SMILES string of the molecule is COc1ccc(/C=C2/SC(=O)N(CCNC(=O)/C=C/c3ccc(OC(F)F)c(OC)c3)C2=O)cc1. The first-order chi connectivity index (χ1) is 16.8. The minimum absolute atomic E-state index is 0.0116. The number of hydrogen-bond acceptors (Lipinski definition) is 7. The molecule has 3 rings (SSSR count). The van der Waals surface area contributed by atoms with E-state index in [1.807, 2.05) is 0 Å². The number of hydrogen-bond donors (Lipinski definition) is 1. The van der Waals surface area contributed by atoms with Crippen LogP contribution in [0.2, 0.25) is 0 Å². The molecule has 0 atom stereocenters. The molecule has 1 heterocycles. The van der Waals surface area contributed by atoms with E-state index in [2.05, 4.69) is 10.1 Å². The van der Waals surface area contributed by atoms with E-state index in [-0.39, 0.29) is 24.6 Å². The third-order valence-corrected chi connectivity index (χ3v) is 5.66. The number of amides is 3. The number of carbonyl (C=O) groups is 3. The Labute approximate surface area is 204 Å². The van der Waals surface area contributed by atoms with Gasteiger partial charge in [-0.3, -0.25) is 19.3 Å². The van der Waals surface area contributed by atoms with Crippen molar-refractivity contribution in [1.82, 2.24) is 10.2 Å². The van der Waals surface area contributed by atoms with Gasteiger partial charge in [-0.05, 0) is 59.3 Å². The number of halogens is 2. The fourth-order valence-electron chi connectivity index (χ4n) is 3.05. The van der Waals surface area contributed by atoms with Crippen LogP contribution in [-0.4, -0.2) is 55.9 Å². The summed E-state index contributed by atoms with van der Waals surface area (Å²) in [5.41, 5.74) is 1.27. The Kier molecular flexibility index (Phi) is 8.85. The Morgan fingerprint density at radius 2 is 1.77 bits per heavy atom. The van der Waals surface area contributed by atoms with Crippen LogP contribution in [-0.2, 0) is 9.59 Å². The average Bonchev–Trinajstić information content (AvgIpc) is 3.10. The van der Waals surface area contributed by atoms with Crippen LogP contribution in [0.25, 0.3) is 12.2 Å². The van der Waals surface area contributed by atoms with Gasteiger partial charge < -0.3 is 19.5 Å². The van der Waals surface area contributed by atoms with Crippen molar-refractivity contribution in [1.29, 1.82) is 0 Å². The number of imide groups is 1. The fourth-order valence-corrected chi connectivity index (χ4v) is 3.91. The lowest BCUT2D eigenvalue weighted by Gasteiger charge is -2.12. The zero-order valence-electron chi connectivity index (χ0n) is 18.8. The zero-order valence-corrected chi connectivity index (χ0v) is 19.6. The molecule has 11 heteroatoms. The van der Waals surface area contributed by atoms with E-state index >= 15 is 0 Å². The van der Waals surface area contributed by atoms with E-state index in [9.17, 15) is 23.2 Å². The highest BCUT2D eigenvalue weighted by molar-refractivity contribution is 8.18. The van der Waals surface area contributed by atoms with Gasteiger partial charge >= 0.3 is 6.61 Å². The van der Waals surface area contributed by atoms with Crippen molar-refractivity contribution >= 4 is 41.0 Å². The van der Waals surface area contributed by atoms with Crippen LogP contribution in [0.5, 0.6) is 17.2 Å². The summed E-state index contributed by atoms with van der Waals surface area (Å²) in [4.78, 5) is 38.3. The molecule has 1 aliphatic rings. The maximum absolute atomic E-state index is 12.6. The summed E-state index contributed by atoms with van der Waals surface area (Å²) in [7, 11) is 2.86. The van der Waals surface area contributed by atoms with E-state index in [0.717, 1.165) is 22.2 Å². The molecule has 1 saturated heterocycles. The van der Waals surface area contributed by atoms with Gasteiger partial charge in [0.2, 0.25) is 5.91 Å². The van der Waals surface area contributed by atoms with Gasteiger partial charge in [-0.1, -0.05) is 18.2 Å². The lowest BCUT2D eigenvalue weighted by atomic mass is 10.2. The molecule has 1 fully saturated rings. The van der Waals surface area contributed by atoms with Crippen molar-refractivity contribution < 1.29 is 37.4 Å². The number of rotatable bonds is 10. The zero-order chi connectivity index (χ0) is 25.4. The Balaban J connectivity index is 1.52. The van der Waals surface area contributed by atoms with E-state index in [1.54, 1.807) is 37.5 Å². The number of methoxy groups -OCH3 is 2. The molecular formula is C24H22F2N2O6S. The van der Waals surface area contributed by atoms with Gasteiger partial charge in [0.15, 0.2) is 11.5 Å². The quantitative estimate of drug-likeness (QED) is 0.486. The minimum Gasteiger partial charge on any atom is -0.497 e. The molecule has 184 valence electrons. The highest BCUT2D eigenvalue weighted by Gasteiger charge is 2.34. The van der Waals surface area contributed by atoms with Crippen molar-refractivity contribution in [2.24, 2.45) is 0 Å². The van der Waals surface area contributed by atoms with Crippen LogP contribution in [0.4, 0.5) is 13.6 Å². The molecule has 2 aromatic rings. The van der Waals surface area contributed by atoms with Gasteiger partial charge in [0, 0.05) is 19.2 Å². The van der Waals surface area contributed by atoms with Crippen LogP contribution >= 0.6 is 11.8 Å². The van der Waals surface area contributed by atoms with Crippen LogP contribution in [0.15, 0.2) is 53.4 Å². The lowest BCUT2D eigenvalue weighted by molar-refractivity contribution is -0.123. The summed E-state index contributed by atoms with van der Waals surface area (Å²) in [5.74, 6) is -0.245. The fraction of sp³-hybridized carbons (Fsp3) is 0.208. The molecule has 0 spiro atoms. The highest BCUT2D eigenvalue weighted by Crippen LogP contribution is 2.32. The molecular weight excluding hydrogens is 482 g/mol. The Morgan fingerprint density at radius 1 is 1.06 bits per heavy atom. The number of nitrogens with one attached hydrogen (secondary N) is 1. The van der Waals surface area contributed by atoms with Crippen molar-refractivity contribution in [3.8, 4) is 17.2 Å². The molecule has 0 radical (unpaired) electrons. The second kappa shape index (κ2) is 12.0. The first kappa shape index (κ1) is 25.8. The number of benzene rings is 2. The summed E-state index contributed by atoms with van der Waals surface area (Å²) < 4.78 is 39.3. The van der Waals surface area contributed by atoms with Gasteiger partial charge in [0.1, 0.15) is 5.75 Å². The summed E-state index contributed by atoms with van der Waals surface area (Å²) in [5, 5.41) is 2.18. The van der Waals surface area contributed by atoms with Crippen LogP contribution < -0.4 is 19.5 Å². The van der Waals surface area contributed by atoms with Gasteiger partial charge in [0.05, 0.1) is 19.1 Å². The van der Waals surface area contributed by atoms with Gasteiger partial charge in [-0.2, -0.15) is 8.78 Å². The van der Waals surface area contributed by atoms with Crippen LogP contribution in [0, 0.1) is 0 Å². The van der Waals surface area contributed by atoms with Crippen molar-refractivity contribution in [2.45, 2.75) is 6.61 Å². The predicted octanol–water partition coefficient (Wildman–Crippen LogP) is 4.17. The normalized spacial score (nSPS) is 14.8. The molecule has 0 aliphatic carbocycles. The first-order valence-electron chi connectivity index (χ1n) is 10.3. The lowest BCUT2D eigenvalue weighted by Crippen LogP contribution is -2.36. The molecule has 1 N–H and O–H groups in total. The summed E-state index contributed by atoms with van der Waals surface area (Å²) in [6.07, 6.45) is 4.32. The molecule has 0 aromatic heterocycles. The molecule has 0 unspecified atom stereocenters. The summed E-state index contributed by atoms with van der Waals surface area (Å²) in [6, 6.07) is 11.3. The Morgan fingerprint density at radius 3 is 2.43 bits per heavy atom. The number of thioether (sulfide) groups is 1. The number of carbonyl (C=O) groups excluding carboxylic acids is 3. The largest absolute Gasteiger partial charge is 0.497 e. The standard InChI is InChI=1S/C24H22F2N2O6S/c1-32-17-7-3-16(4-8-17)14-20-22(30)28(24(31)35-20)12-11-27-21(29)10-6-15-5-9-18(34-23(25)26)19(13-15)33-2/h3-10,13-14,23H,11-12H2,1-2H3,(H,27,29)/b10-6+,20-14+. The van der Waals surface area contributed by atoms with E-state index in [0.29, 0.717) is 16.2 Å². The minimum atomic E-state index is -2.99. The van der Waals surface area contributed by atoms with E-state index in [1.165, 1.54) is 37.5 Å². The van der Waals surface area contributed by atoms with Gasteiger partial charge in [0.25, 0.3) is 11.1 Å². The molecule has 3 amide bonds. The third-order valence-electron chi connectivity index (χ3n) is 4.75. The molecule has 2 aromatic carbocycles.